The Bertz CT molecular complexity index is 928. The van der Waals surface area contributed by atoms with Gasteiger partial charge in [-0.3, -0.25) is 4.55 Å². The molecule has 1 rings (SSSR count). The maximum Gasteiger partial charge on any atom is 0.397 e. The van der Waals surface area contributed by atoms with E-state index < -0.39 is 10.4 Å². The lowest BCUT2D eigenvalue weighted by atomic mass is 9.99. The summed E-state index contributed by atoms with van der Waals surface area (Å²) in [4.78, 5) is 0. The van der Waals surface area contributed by atoms with E-state index in [-0.39, 0.29) is 19.8 Å². The smallest absolute Gasteiger partial charge is 0.397 e. The van der Waals surface area contributed by atoms with Crippen LogP contribution in [-0.4, -0.2) is 92.3 Å². The molecule has 0 heterocycles. The number of benzene rings is 1. The fourth-order valence-corrected chi connectivity index (χ4v) is 5.35. The van der Waals surface area contributed by atoms with Crippen LogP contribution >= 0.6 is 0 Å². The second kappa shape index (κ2) is 31.9. The van der Waals surface area contributed by atoms with Gasteiger partial charge in [0.25, 0.3) is 0 Å². The first-order chi connectivity index (χ1) is 23.0. The van der Waals surface area contributed by atoms with Crippen molar-refractivity contribution in [2.45, 2.75) is 117 Å². The van der Waals surface area contributed by atoms with E-state index in [2.05, 4.69) is 36.2 Å². The lowest BCUT2D eigenvalue weighted by Crippen LogP contribution is -2.15. The van der Waals surface area contributed by atoms with Crippen molar-refractivity contribution in [3.05, 3.63) is 29.3 Å². The van der Waals surface area contributed by atoms with Crippen LogP contribution in [0.1, 0.15) is 115 Å². The van der Waals surface area contributed by atoms with E-state index in [0.717, 1.165) is 18.6 Å². The Balaban J connectivity index is 2.14. The largest absolute Gasteiger partial charge is 0.491 e. The first kappa shape index (κ1) is 43.7. The van der Waals surface area contributed by atoms with Crippen LogP contribution in [0, 0.1) is 0 Å². The third kappa shape index (κ3) is 29.3. The fourth-order valence-electron chi connectivity index (χ4n) is 5.07. The molecule has 47 heavy (non-hydrogen) atoms. The summed E-state index contributed by atoms with van der Waals surface area (Å²) in [6, 6.07) is 6.80. The second-order valence-electron chi connectivity index (χ2n) is 11.8. The summed E-state index contributed by atoms with van der Waals surface area (Å²) in [6.45, 7) is 8.80. The minimum atomic E-state index is -4.42. The highest BCUT2D eigenvalue weighted by Crippen LogP contribution is 2.24. The number of aryl methyl sites for hydroxylation is 2. The van der Waals surface area contributed by atoms with Gasteiger partial charge in [0.15, 0.2) is 0 Å². The minimum Gasteiger partial charge on any atom is -0.491 e. The van der Waals surface area contributed by atoms with E-state index in [1.807, 2.05) is 0 Å². The average Bonchev–Trinajstić information content (AvgIpc) is 3.05. The van der Waals surface area contributed by atoms with Gasteiger partial charge in [-0.25, -0.2) is 4.18 Å². The summed E-state index contributed by atoms with van der Waals surface area (Å²) in [6.07, 6.45) is 20.7. The van der Waals surface area contributed by atoms with Crippen molar-refractivity contribution < 1.29 is 45.6 Å². The lowest BCUT2D eigenvalue weighted by Gasteiger charge is -2.14. The van der Waals surface area contributed by atoms with Gasteiger partial charge in [0, 0.05) is 0 Å². The molecule has 0 atom stereocenters. The molecule has 1 aromatic carbocycles. The SMILES string of the molecule is CCCCCCCCCc1ccc(OCCOCCOCCOCCOCCOCCOS(=O)(=O)O)c(CCCCCCCCC)c1. The van der Waals surface area contributed by atoms with Crippen molar-refractivity contribution >= 4 is 10.4 Å². The summed E-state index contributed by atoms with van der Waals surface area (Å²) < 4.78 is 66.7. The number of unbranched alkanes of at least 4 members (excludes halogenated alkanes) is 12. The minimum absolute atomic E-state index is 0.0429. The quantitative estimate of drug-likeness (QED) is 0.0558. The molecule has 276 valence electrons. The molecule has 1 N–H and O–H groups in total. The summed E-state index contributed by atoms with van der Waals surface area (Å²) in [5.74, 6) is 0.998. The molecule has 0 bridgehead atoms. The average molecular weight is 691 g/mol. The molecule has 0 aliphatic heterocycles. The second-order valence-corrected chi connectivity index (χ2v) is 12.9. The molecule has 0 aliphatic rings. The molecule has 0 unspecified atom stereocenters. The molecule has 10 nitrogen and oxygen atoms in total. The Kier molecular flexibility index (Phi) is 29.7. The summed E-state index contributed by atoms with van der Waals surface area (Å²) >= 11 is 0. The van der Waals surface area contributed by atoms with Gasteiger partial charge in [0.2, 0.25) is 0 Å². The van der Waals surface area contributed by atoms with Crippen LogP contribution in [0.2, 0.25) is 0 Å². The van der Waals surface area contributed by atoms with Gasteiger partial charge in [0.1, 0.15) is 12.4 Å². The predicted molar refractivity (Wildman–Crippen MR) is 187 cm³/mol. The maximum atomic E-state index is 10.4. The Hall–Kier alpha value is -1.31. The van der Waals surface area contributed by atoms with Gasteiger partial charge >= 0.3 is 10.4 Å². The van der Waals surface area contributed by atoms with E-state index in [0.29, 0.717) is 59.5 Å². The molecule has 0 saturated carbocycles. The highest BCUT2D eigenvalue weighted by molar-refractivity contribution is 7.80. The standard InChI is InChI=1S/C36H66O10S/c1-3-5-7-9-11-13-15-17-34-19-20-36(35(33-34)18-16-14-12-10-8-6-4-2)45-31-29-43-27-25-41-23-21-40-22-24-42-26-28-44-30-32-46-47(37,38)39/h19-20,33H,3-18,21-32H2,1-2H3,(H,37,38,39). The van der Waals surface area contributed by atoms with Gasteiger partial charge in [0.05, 0.1) is 72.7 Å². The van der Waals surface area contributed by atoms with Gasteiger partial charge in [-0.05, 0) is 42.9 Å². The third-order valence-electron chi connectivity index (χ3n) is 7.68. The van der Waals surface area contributed by atoms with Crippen LogP contribution in [0.5, 0.6) is 5.75 Å². The molecule has 0 fully saturated rings. The lowest BCUT2D eigenvalue weighted by molar-refractivity contribution is -0.0142. The fraction of sp³-hybridized carbons (Fsp3) is 0.833. The number of hydrogen-bond acceptors (Lipinski definition) is 9. The van der Waals surface area contributed by atoms with E-state index in [1.54, 1.807) is 0 Å². The molecule has 0 aromatic heterocycles. The Morgan fingerprint density at radius 1 is 0.511 bits per heavy atom. The van der Waals surface area contributed by atoms with Gasteiger partial charge in [-0.2, -0.15) is 8.42 Å². The molecular weight excluding hydrogens is 624 g/mol. The van der Waals surface area contributed by atoms with Gasteiger partial charge < -0.3 is 28.4 Å². The van der Waals surface area contributed by atoms with Crippen LogP contribution in [0.25, 0.3) is 0 Å². The molecule has 0 spiro atoms. The Morgan fingerprint density at radius 3 is 1.38 bits per heavy atom. The number of ether oxygens (including phenoxy) is 6. The highest BCUT2D eigenvalue weighted by atomic mass is 32.3. The summed E-state index contributed by atoms with van der Waals surface area (Å²) in [7, 11) is -4.42. The van der Waals surface area contributed by atoms with Crippen molar-refractivity contribution in [2.75, 3.05) is 79.3 Å². The van der Waals surface area contributed by atoms with Crippen LogP contribution in [0.4, 0.5) is 0 Å². The van der Waals surface area contributed by atoms with E-state index in [9.17, 15) is 8.42 Å². The van der Waals surface area contributed by atoms with Crippen LogP contribution in [-0.2, 0) is 51.1 Å². The van der Waals surface area contributed by atoms with Crippen molar-refractivity contribution in [1.82, 2.24) is 0 Å². The highest BCUT2D eigenvalue weighted by Gasteiger charge is 2.07. The monoisotopic (exact) mass is 690 g/mol. The first-order valence-electron chi connectivity index (χ1n) is 18.2. The zero-order valence-electron chi connectivity index (χ0n) is 29.6. The van der Waals surface area contributed by atoms with Crippen LogP contribution in [0.15, 0.2) is 18.2 Å². The predicted octanol–water partition coefficient (Wildman–Crippen LogP) is 7.55. The van der Waals surface area contributed by atoms with E-state index >= 15 is 0 Å². The Labute approximate surface area is 286 Å². The first-order valence-corrected chi connectivity index (χ1v) is 19.6. The van der Waals surface area contributed by atoms with Gasteiger partial charge in [-0.1, -0.05) is 103 Å². The molecule has 11 heteroatoms. The van der Waals surface area contributed by atoms with Gasteiger partial charge in [-0.15, -0.1) is 0 Å². The number of hydrogen-bond donors (Lipinski definition) is 1. The van der Waals surface area contributed by atoms with E-state index in [4.69, 9.17) is 33.0 Å². The van der Waals surface area contributed by atoms with E-state index in [1.165, 1.54) is 101 Å². The molecule has 0 saturated heterocycles. The van der Waals surface area contributed by atoms with Crippen molar-refractivity contribution in [2.24, 2.45) is 0 Å². The summed E-state index contributed by atoms with van der Waals surface area (Å²) in [5, 5.41) is 0. The topological polar surface area (TPSA) is 119 Å². The molecule has 0 aliphatic carbocycles. The molecule has 0 radical (unpaired) electrons. The van der Waals surface area contributed by atoms with Crippen LogP contribution < -0.4 is 4.74 Å². The summed E-state index contributed by atoms with van der Waals surface area (Å²) in [5.41, 5.74) is 2.77. The Morgan fingerprint density at radius 2 is 0.915 bits per heavy atom. The van der Waals surface area contributed by atoms with Crippen LogP contribution in [0.3, 0.4) is 0 Å². The zero-order chi connectivity index (χ0) is 34.1. The van der Waals surface area contributed by atoms with Crippen molar-refractivity contribution in [3.8, 4) is 5.75 Å². The molecular formula is C36H66O10S. The maximum absolute atomic E-state index is 10.4. The molecule has 0 amide bonds. The van der Waals surface area contributed by atoms with Crippen molar-refractivity contribution in [3.63, 3.8) is 0 Å². The zero-order valence-corrected chi connectivity index (χ0v) is 30.4. The number of rotatable bonds is 36. The normalized spacial score (nSPS) is 11.8. The molecule has 1 aromatic rings. The van der Waals surface area contributed by atoms with Crippen molar-refractivity contribution in [1.29, 1.82) is 0 Å². The third-order valence-corrected chi connectivity index (χ3v) is 8.14.